The SMILES string of the molecule is COc1ccc(CN(Cc2ccc3c(c2)OCO3)CC2CCC(CN)CC2)cc1. The lowest BCUT2D eigenvalue weighted by atomic mass is 9.82. The summed E-state index contributed by atoms with van der Waals surface area (Å²) in [6.45, 7) is 4.09. The van der Waals surface area contributed by atoms with Crippen molar-refractivity contribution in [2.24, 2.45) is 17.6 Å². The molecule has 0 spiro atoms. The van der Waals surface area contributed by atoms with Crippen LogP contribution in [0, 0.1) is 11.8 Å². The Balaban J connectivity index is 1.45. The Morgan fingerprint density at radius 1 is 0.897 bits per heavy atom. The molecule has 1 saturated carbocycles. The van der Waals surface area contributed by atoms with Crippen LogP contribution in [0.4, 0.5) is 0 Å². The van der Waals surface area contributed by atoms with Gasteiger partial charge in [-0.25, -0.2) is 0 Å². The Labute approximate surface area is 173 Å². The molecule has 2 N–H and O–H groups in total. The summed E-state index contributed by atoms with van der Waals surface area (Å²) < 4.78 is 16.3. The molecule has 0 aromatic heterocycles. The molecule has 0 amide bonds. The van der Waals surface area contributed by atoms with Crippen LogP contribution in [0.25, 0.3) is 0 Å². The van der Waals surface area contributed by atoms with Gasteiger partial charge in [0.1, 0.15) is 5.75 Å². The molecular formula is C24H32N2O3. The number of rotatable bonds is 8. The zero-order valence-electron chi connectivity index (χ0n) is 17.3. The lowest BCUT2D eigenvalue weighted by Gasteiger charge is -2.32. The highest BCUT2D eigenvalue weighted by Crippen LogP contribution is 2.34. The quantitative estimate of drug-likeness (QED) is 0.725. The number of nitrogens with two attached hydrogens (primary N) is 1. The maximum atomic E-state index is 5.88. The summed E-state index contributed by atoms with van der Waals surface area (Å²) in [6.07, 6.45) is 5.09. The second kappa shape index (κ2) is 9.51. The lowest BCUT2D eigenvalue weighted by molar-refractivity contribution is 0.169. The van der Waals surface area contributed by atoms with Gasteiger partial charge in [-0.05, 0) is 79.5 Å². The summed E-state index contributed by atoms with van der Waals surface area (Å²) in [5.74, 6) is 4.06. The molecule has 1 fully saturated rings. The molecule has 0 saturated heterocycles. The van der Waals surface area contributed by atoms with Gasteiger partial charge in [0.15, 0.2) is 11.5 Å². The number of methoxy groups -OCH3 is 1. The highest BCUT2D eigenvalue weighted by atomic mass is 16.7. The molecule has 2 aromatic carbocycles. The van der Waals surface area contributed by atoms with Crippen LogP contribution in [0.5, 0.6) is 17.2 Å². The van der Waals surface area contributed by atoms with E-state index in [1.54, 1.807) is 7.11 Å². The smallest absolute Gasteiger partial charge is 0.231 e. The van der Waals surface area contributed by atoms with Crippen molar-refractivity contribution in [2.45, 2.75) is 38.8 Å². The molecular weight excluding hydrogens is 364 g/mol. The number of fused-ring (bicyclic) bond motifs is 1. The third-order valence-electron chi connectivity index (χ3n) is 6.22. The van der Waals surface area contributed by atoms with E-state index >= 15 is 0 Å². The average Bonchev–Trinajstić information content (AvgIpc) is 3.23. The molecule has 1 aliphatic heterocycles. The van der Waals surface area contributed by atoms with Crippen LogP contribution in [0.2, 0.25) is 0 Å². The van der Waals surface area contributed by atoms with Gasteiger partial charge in [-0.2, -0.15) is 0 Å². The number of hydrogen-bond donors (Lipinski definition) is 1. The Kier molecular flexibility index (Phi) is 6.57. The largest absolute Gasteiger partial charge is 0.497 e. The molecule has 1 aliphatic carbocycles. The molecule has 0 unspecified atom stereocenters. The van der Waals surface area contributed by atoms with E-state index in [0.29, 0.717) is 6.79 Å². The van der Waals surface area contributed by atoms with Crippen molar-refractivity contribution in [3.63, 3.8) is 0 Å². The number of nitrogens with zero attached hydrogens (tertiary/aromatic N) is 1. The normalized spacial score (nSPS) is 20.8. The molecule has 5 heteroatoms. The van der Waals surface area contributed by atoms with Gasteiger partial charge in [-0.1, -0.05) is 18.2 Å². The molecule has 2 aromatic rings. The third kappa shape index (κ3) is 5.22. The fourth-order valence-corrected chi connectivity index (χ4v) is 4.49. The maximum absolute atomic E-state index is 5.88. The monoisotopic (exact) mass is 396 g/mol. The predicted molar refractivity (Wildman–Crippen MR) is 114 cm³/mol. The van der Waals surface area contributed by atoms with Crippen molar-refractivity contribution < 1.29 is 14.2 Å². The van der Waals surface area contributed by atoms with Crippen LogP contribution >= 0.6 is 0 Å². The Morgan fingerprint density at radius 3 is 2.28 bits per heavy atom. The van der Waals surface area contributed by atoms with Gasteiger partial charge in [-0.3, -0.25) is 4.90 Å². The molecule has 0 bridgehead atoms. The van der Waals surface area contributed by atoms with E-state index < -0.39 is 0 Å². The number of hydrogen-bond acceptors (Lipinski definition) is 5. The molecule has 0 atom stereocenters. The first kappa shape index (κ1) is 20.0. The maximum Gasteiger partial charge on any atom is 0.231 e. The average molecular weight is 397 g/mol. The van der Waals surface area contributed by atoms with Crippen molar-refractivity contribution >= 4 is 0 Å². The van der Waals surface area contributed by atoms with Crippen molar-refractivity contribution in [1.29, 1.82) is 0 Å². The molecule has 1 heterocycles. The molecule has 4 rings (SSSR count). The minimum atomic E-state index is 0.318. The fraction of sp³-hybridized carbons (Fsp3) is 0.500. The Hall–Kier alpha value is -2.24. The van der Waals surface area contributed by atoms with Gasteiger partial charge in [0, 0.05) is 19.6 Å². The lowest BCUT2D eigenvalue weighted by Crippen LogP contribution is -2.32. The van der Waals surface area contributed by atoms with Gasteiger partial charge < -0.3 is 19.9 Å². The summed E-state index contributed by atoms with van der Waals surface area (Å²) >= 11 is 0. The van der Waals surface area contributed by atoms with Crippen molar-refractivity contribution in [1.82, 2.24) is 4.90 Å². The van der Waals surface area contributed by atoms with E-state index in [2.05, 4.69) is 29.2 Å². The summed E-state index contributed by atoms with van der Waals surface area (Å²) in [5, 5.41) is 0. The van der Waals surface area contributed by atoms with E-state index in [4.69, 9.17) is 19.9 Å². The molecule has 2 aliphatic rings. The molecule has 29 heavy (non-hydrogen) atoms. The molecule has 5 nitrogen and oxygen atoms in total. The second-order valence-electron chi connectivity index (χ2n) is 8.33. The van der Waals surface area contributed by atoms with E-state index in [1.807, 2.05) is 18.2 Å². The zero-order chi connectivity index (χ0) is 20.1. The number of ether oxygens (including phenoxy) is 3. The topological polar surface area (TPSA) is 57.0 Å². The first-order valence-corrected chi connectivity index (χ1v) is 10.7. The van der Waals surface area contributed by atoms with Crippen LogP contribution in [-0.2, 0) is 13.1 Å². The van der Waals surface area contributed by atoms with Gasteiger partial charge in [-0.15, -0.1) is 0 Å². The van der Waals surface area contributed by atoms with Crippen molar-refractivity contribution in [2.75, 3.05) is 27.0 Å². The summed E-state index contributed by atoms with van der Waals surface area (Å²) in [4.78, 5) is 2.56. The first-order chi connectivity index (χ1) is 14.2. The van der Waals surface area contributed by atoms with Gasteiger partial charge in [0.25, 0.3) is 0 Å². The minimum absolute atomic E-state index is 0.318. The fourth-order valence-electron chi connectivity index (χ4n) is 4.49. The van der Waals surface area contributed by atoms with Crippen LogP contribution in [0.15, 0.2) is 42.5 Å². The first-order valence-electron chi connectivity index (χ1n) is 10.7. The van der Waals surface area contributed by atoms with Crippen LogP contribution in [0.1, 0.15) is 36.8 Å². The standard InChI is InChI=1S/C24H32N2O3/c1-27-22-9-6-20(7-10-22)15-26(14-19-4-2-18(13-25)3-5-19)16-21-8-11-23-24(12-21)29-17-28-23/h6-12,18-19H,2-5,13-17,25H2,1H3. The van der Waals surface area contributed by atoms with Gasteiger partial charge in [0.2, 0.25) is 6.79 Å². The van der Waals surface area contributed by atoms with Gasteiger partial charge >= 0.3 is 0 Å². The van der Waals surface area contributed by atoms with Crippen LogP contribution in [0.3, 0.4) is 0 Å². The van der Waals surface area contributed by atoms with E-state index in [9.17, 15) is 0 Å². The Bertz CT molecular complexity index is 785. The van der Waals surface area contributed by atoms with Crippen LogP contribution in [-0.4, -0.2) is 31.9 Å². The summed E-state index contributed by atoms with van der Waals surface area (Å²) in [5.41, 5.74) is 8.45. The Morgan fingerprint density at radius 2 is 1.55 bits per heavy atom. The molecule has 0 radical (unpaired) electrons. The van der Waals surface area contributed by atoms with Crippen molar-refractivity contribution in [3.8, 4) is 17.2 Å². The highest BCUT2D eigenvalue weighted by Gasteiger charge is 2.23. The zero-order valence-corrected chi connectivity index (χ0v) is 17.3. The van der Waals surface area contributed by atoms with E-state index in [-0.39, 0.29) is 0 Å². The predicted octanol–water partition coefficient (Wildman–Crippen LogP) is 4.19. The second-order valence-corrected chi connectivity index (χ2v) is 8.33. The minimum Gasteiger partial charge on any atom is -0.497 e. The summed E-state index contributed by atoms with van der Waals surface area (Å²) in [6, 6.07) is 14.7. The number of benzene rings is 2. The van der Waals surface area contributed by atoms with Crippen molar-refractivity contribution in [3.05, 3.63) is 53.6 Å². The highest BCUT2D eigenvalue weighted by molar-refractivity contribution is 5.44. The van der Waals surface area contributed by atoms with Crippen LogP contribution < -0.4 is 19.9 Å². The molecule has 156 valence electrons. The van der Waals surface area contributed by atoms with E-state index in [1.165, 1.54) is 36.8 Å². The van der Waals surface area contributed by atoms with Gasteiger partial charge in [0.05, 0.1) is 7.11 Å². The third-order valence-corrected chi connectivity index (χ3v) is 6.22. The van der Waals surface area contributed by atoms with E-state index in [0.717, 1.165) is 55.3 Å². The summed E-state index contributed by atoms with van der Waals surface area (Å²) in [7, 11) is 1.71.